The molecule has 0 saturated heterocycles. The van der Waals surface area contributed by atoms with Gasteiger partial charge >= 0.3 is 0 Å². The van der Waals surface area contributed by atoms with Crippen molar-refractivity contribution in [1.29, 1.82) is 5.26 Å². The van der Waals surface area contributed by atoms with Crippen molar-refractivity contribution >= 4 is 0 Å². The third kappa shape index (κ3) is 3.63. The summed E-state index contributed by atoms with van der Waals surface area (Å²) in [6.45, 7) is 1.29. The van der Waals surface area contributed by atoms with E-state index in [2.05, 4.69) is 10.3 Å². The van der Waals surface area contributed by atoms with E-state index in [-0.39, 0.29) is 5.82 Å². The molecular formula is C14H15FN4. The van der Waals surface area contributed by atoms with Crippen molar-refractivity contribution in [3.8, 4) is 6.07 Å². The van der Waals surface area contributed by atoms with Crippen LogP contribution in [0.3, 0.4) is 0 Å². The maximum atomic E-state index is 13.2. The Morgan fingerprint density at radius 3 is 2.95 bits per heavy atom. The molecule has 0 aliphatic carbocycles. The molecule has 0 spiro atoms. The van der Waals surface area contributed by atoms with E-state index >= 15 is 0 Å². The first-order chi connectivity index (χ1) is 9.19. The Morgan fingerprint density at radius 1 is 1.42 bits per heavy atom. The van der Waals surface area contributed by atoms with Crippen LogP contribution in [0.5, 0.6) is 0 Å². The standard InChI is InChI=1S/C14H15FN4/c1-19-5-4-18-14(19)2-3-17-10-12-6-11(9-16)7-13(15)8-12/h4-8,17H,2-3,10H2,1H3. The van der Waals surface area contributed by atoms with E-state index in [1.807, 2.05) is 23.9 Å². The molecule has 2 rings (SSSR count). The van der Waals surface area contributed by atoms with Gasteiger partial charge in [-0.1, -0.05) is 0 Å². The molecule has 4 nitrogen and oxygen atoms in total. The third-order valence-corrected chi connectivity index (χ3v) is 2.86. The van der Waals surface area contributed by atoms with Crippen LogP contribution in [0.15, 0.2) is 30.6 Å². The van der Waals surface area contributed by atoms with E-state index in [0.717, 1.165) is 24.4 Å². The average molecular weight is 258 g/mol. The zero-order chi connectivity index (χ0) is 13.7. The minimum atomic E-state index is -0.375. The van der Waals surface area contributed by atoms with E-state index < -0.39 is 0 Å². The van der Waals surface area contributed by atoms with Crippen LogP contribution >= 0.6 is 0 Å². The number of hydrogen-bond acceptors (Lipinski definition) is 3. The minimum Gasteiger partial charge on any atom is -0.338 e. The zero-order valence-electron chi connectivity index (χ0n) is 10.7. The maximum absolute atomic E-state index is 13.2. The van der Waals surface area contributed by atoms with Gasteiger partial charge in [-0.2, -0.15) is 5.26 Å². The van der Waals surface area contributed by atoms with Crippen LogP contribution < -0.4 is 5.32 Å². The lowest BCUT2D eigenvalue weighted by atomic mass is 10.1. The first-order valence-corrected chi connectivity index (χ1v) is 6.05. The second-order valence-electron chi connectivity index (χ2n) is 4.34. The fourth-order valence-corrected chi connectivity index (χ4v) is 1.89. The molecule has 0 aliphatic heterocycles. The number of benzene rings is 1. The summed E-state index contributed by atoms with van der Waals surface area (Å²) in [5, 5.41) is 12.0. The van der Waals surface area contributed by atoms with Gasteiger partial charge in [-0.15, -0.1) is 0 Å². The molecule has 1 N–H and O–H groups in total. The molecule has 1 aromatic heterocycles. The first-order valence-electron chi connectivity index (χ1n) is 6.05. The van der Waals surface area contributed by atoms with Crippen molar-refractivity contribution in [2.45, 2.75) is 13.0 Å². The zero-order valence-corrected chi connectivity index (χ0v) is 10.7. The number of aromatic nitrogens is 2. The summed E-state index contributed by atoms with van der Waals surface area (Å²) in [6.07, 6.45) is 4.48. The molecule has 0 atom stereocenters. The van der Waals surface area contributed by atoms with Crippen molar-refractivity contribution in [2.24, 2.45) is 7.05 Å². The highest BCUT2D eigenvalue weighted by Gasteiger charge is 2.01. The monoisotopic (exact) mass is 258 g/mol. The van der Waals surface area contributed by atoms with Crippen LogP contribution in [0.25, 0.3) is 0 Å². The fraction of sp³-hybridized carbons (Fsp3) is 0.286. The predicted molar refractivity (Wildman–Crippen MR) is 69.7 cm³/mol. The summed E-state index contributed by atoms with van der Waals surface area (Å²) in [4.78, 5) is 4.22. The summed E-state index contributed by atoms with van der Waals surface area (Å²) in [5.74, 6) is 0.629. The highest BCUT2D eigenvalue weighted by molar-refractivity contribution is 5.33. The van der Waals surface area contributed by atoms with Gasteiger partial charge in [0.2, 0.25) is 0 Å². The number of rotatable bonds is 5. The van der Waals surface area contributed by atoms with Gasteiger partial charge in [0.05, 0.1) is 11.6 Å². The number of imidazole rings is 1. The molecule has 0 bridgehead atoms. The number of nitriles is 1. The average Bonchev–Trinajstić information content (AvgIpc) is 2.80. The Bertz CT molecular complexity index is 598. The summed E-state index contributed by atoms with van der Waals surface area (Å²) in [6, 6.07) is 6.31. The molecule has 0 amide bonds. The number of nitrogens with zero attached hydrogens (tertiary/aromatic N) is 3. The Labute approximate surface area is 111 Å². The van der Waals surface area contributed by atoms with Gasteiger partial charge in [0.1, 0.15) is 11.6 Å². The van der Waals surface area contributed by atoms with Crippen LogP contribution in [-0.4, -0.2) is 16.1 Å². The largest absolute Gasteiger partial charge is 0.338 e. The Morgan fingerprint density at radius 2 is 2.26 bits per heavy atom. The normalized spacial score (nSPS) is 10.4. The topological polar surface area (TPSA) is 53.6 Å². The van der Waals surface area contributed by atoms with E-state index in [1.165, 1.54) is 12.1 Å². The Balaban J connectivity index is 1.85. The number of hydrogen-bond donors (Lipinski definition) is 1. The molecule has 2 aromatic rings. The Kier molecular flexibility index (Phi) is 4.26. The van der Waals surface area contributed by atoms with Crippen molar-refractivity contribution in [2.75, 3.05) is 6.54 Å². The maximum Gasteiger partial charge on any atom is 0.124 e. The number of halogens is 1. The lowest BCUT2D eigenvalue weighted by Crippen LogP contribution is -2.18. The van der Waals surface area contributed by atoms with Gasteiger partial charge in [0.25, 0.3) is 0 Å². The smallest absolute Gasteiger partial charge is 0.124 e. The lowest BCUT2D eigenvalue weighted by Gasteiger charge is -2.06. The van der Waals surface area contributed by atoms with E-state index in [1.54, 1.807) is 12.3 Å². The summed E-state index contributed by atoms with van der Waals surface area (Å²) in [5.41, 5.74) is 1.12. The lowest BCUT2D eigenvalue weighted by molar-refractivity contribution is 0.617. The van der Waals surface area contributed by atoms with Crippen molar-refractivity contribution in [3.05, 3.63) is 53.4 Å². The molecule has 5 heteroatoms. The van der Waals surface area contributed by atoms with Crippen molar-refractivity contribution in [3.63, 3.8) is 0 Å². The predicted octanol–water partition coefficient (Wildman–Crippen LogP) is 1.76. The molecule has 0 unspecified atom stereocenters. The van der Waals surface area contributed by atoms with E-state index in [0.29, 0.717) is 12.1 Å². The van der Waals surface area contributed by atoms with Gasteiger partial charge in [-0.3, -0.25) is 0 Å². The van der Waals surface area contributed by atoms with Crippen molar-refractivity contribution in [1.82, 2.24) is 14.9 Å². The summed E-state index contributed by atoms with van der Waals surface area (Å²) >= 11 is 0. The molecule has 0 aliphatic rings. The SMILES string of the molecule is Cn1ccnc1CCNCc1cc(F)cc(C#N)c1. The quantitative estimate of drug-likeness (QED) is 0.831. The van der Waals surface area contributed by atoms with Gasteiger partial charge in [0.15, 0.2) is 0 Å². The highest BCUT2D eigenvalue weighted by atomic mass is 19.1. The van der Waals surface area contributed by atoms with E-state index in [9.17, 15) is 4.39 Å². The van der Waals surface area contributed by atoms with E-state index in [4.69, 9.17) is 5.26 Å². The highest BCUT2D eigenvalue weighted by Crippen LogP contribution is 2.08. The Hall–Kier alpha value is -2.19. The van der Waals surface area contributed by atoms with Gasteiger partial charge in [-0.05, 0) is 23.8 Å². The minimum absolute atomic E-state index is 0.348. The molecule has 1 aromatic carbocycles. The van der Waals surface area contributed by atoms with Crippen LogP contribution in [-0.2, 0) is 20.0 Å². The molecule has 0 radical (unpaired) electrons. The second kappa shape index (κ2) is 6.12. The number of aryl methyl sites for hydroxylation is 1. The fourth-order valence-electron chi connectivity index (χ4n) is 1.89. The number of nitrogens with one attached hydrogen (secondary N) is 1. The molecule has 0 saturated carbocycles. The molecule has 98 valence electrons. The van der Waals surface area contributed by atoms with Gasteiger partial charge < -0.3 is 9.88 Å². The second-order valence-corrected chi connectivity index (χ2v) is 4.34. The summed E-state index contributed by atoms with van der Waals surface area (Å²) < 4.78 is 15.2. The van der Waals surface area contributed by atoms with Crippen LogP contribution in [0, 0.1) is 17.1 Å². The molecule has 0 fully saturated rings. The first kappa shape index (κ1) is 13.2. The van der Waals surface area contributed by atoms with Gasteiger partial charge in [-0.25, -0.2) is 9.37 Å². The van der Waals surface area contributed by atoms with Crippen LogP contribution in [0.2, 0.25) is 0 Å². The molecule has 19 heavy (non-hydrogen) atoms. The van der Waals surface area contributed by atoms with Gasteiger partial charge in [0, 0.05) is 39.0 Å². The van der Waals surface area contributed by atoms with Crippen LogP contribution in [0.1, 0.15) is 17.0 Å². The van der Waals surface area contributed by atoms with Crippen molar-refractivity contribution < 1.29 is 4.39 Å². The molecule has 1 heterocycles. The van der Waals surface area contributed by atoms with Crippen LogP contribution in [0.4, 0.5) is 4.39 Å². The molecular weight excluding hydrogens is 243 g/mol. The third-order valence-electron chi connectivity index (χ3n) is 2.86. The summed E-state index contributed by atoms with van der Waals surface area (Å²) in [7, 11) is 1.95.